The SMILES string of the molecule is Cc1cc(NC(=O)c2ccc(Oc3ccc(C(N)=O)cc3)cc2)ccc1N1CCCC1. The van der Waals surface area contributed by atoms with Gasteiger partial charge in [0.1, 0.15) is 11.5 Å². The van der Waals surface area contributed by atoms with Crippen LogP contribution in [0.3, 0.4) is 0 Å². The largest absolute Gasteiger partial charge is 0.457 e. The zero-order valence-corrected chi connectivity index (χ0v) is 17.4. The molecule has 1 aliphatic heterocycles. The highest BCUT2D eigenvalue weighted by Crippen LogP contribution is 2.27. The van der Waals surface area contributed by atoms with Gasteiger partial charge in [0.25, 0.3) is 5.91 Å². The number of hydrogen-bond donors (Lipinski definition) is 2. The minimum atomic E-state index is -0.484. The van der Waals surface area contributed by atoms with E-state index in [4.69, 9.17) is 10.5 Å². The molecule has 1 aliphatic rings. The molecule has 0 saturated carbocycles. The van der Waals surface area contributed by atoms with Gasteiger partial charge >= 0.3 is 0 Å². The van der Waals surface area contributed by atoms with Gasteiger partial charge in [-0.2, -0.15) is 0 Å². The molecule has 1 heterocycles. The molecular weight excluding hydrogens is 390 g/mol. The van der Waals surface area contributed by atoms with Gasteiger partial charge in [-0.25, -0.2) is 0 Å². The monoisotopic (exact) mass is 415 g/mol. The molecule has 3 aromatic carbocycles. The molecule has 1 fully saturated rings. The van der Waals surface area contributed by atoms with Crippen LogP contribution >= 0.6 is 0 Å². The predicted octanol–water partition coefficient (Wildman–Crippen LogP) is 4.74. The maximum atomic E-state index is 12.6. The Hall–Kier alpha value is -3.80. The molecular formula is C25H25N3O3. The Labute approximate surface area is 181 Å². The summed E-state index contributed by atoms with van der Waals surface area (Å²) in [5, 5.41) is 2.96. The highest BCUT2D eigenvalue weighted by Gasteiger charge is 2.15. The fraction of sp³-hybridized carbons (Fsp3) is 0.200. The van der Waals surface area contributed by atoms with Gasteiger partial charge < -0.3 is 20.7 Å². The van der Waals surface area contributed by atoms with Gasteiger partial charge in [-0.15, -0.1) is 0 Å². The number of benzene rings is 3. The minimum Gasteiger partial charge on any atom is -0.457 e. The van der Waals surface area contributed by atoms with Crippen LogP contribution in [0.4, 0.5) is 11.4 Å². The quantitative estimate of drug-likeness (QED) is 0.609. The number of primary amides is 1. The van der Waals surface area contributed by atoms with Crippen molar-refractivity contribution in [3.8, 4) is 11.5 Å². The molecule has 3 N–H and O–H groups in total. The first kappa shape index (κ1) is 20.5. The van der Waals surface area contributed by atoms with E-state index in [-0.39, 0.29) is 5.91 Å². The molecule has 0 unspecified atom stereocenters. The average molecular weight is 415 g/mol. The van der Waals surface area contributed by atoms with Crippen LogP contribution in [0.2, 0.25) is 0 Å². The van der Waals surface area contributed by atoms with Crippen molar-refractivity contribution < 1.29 is 14.3 Å². The van der Waals surface area contributed by atoms with Gasteiger partial charge in [-0.1, -0.05) is 0 Å². The predicted molar refractivity (Wildman–Crippen MR) is 122 cm³/mol. The first-order valence-electron chi connectivity index (χ1n) is 10.3. The molecule has 0 atom stereocenters. The van der Waals surface area contributed by atoms with E-state index < -0.39 is 5.91 Å². The minimum absolute atomic E-state index is 0.175. The molecule has 4 rings (SSSR count). The van der Waals surface area contributed by atoms with Gasteiger partial charge in [-0.05, 0) is 92.1 Å². The molecule has 0 radical (unpaired) electrons. The summed E-state index contributed by atoms with van der Waals surface area (Å²) in [7, 11) is 0. The highest BCUT2D eigenvalue weighted by molar-refractivity contribution is 6.04. The fourth-order valence-corrected chi connectivity index (χ4v) is 3.75. The number of carbonyl (C=O) groups is 2. The number of hydrogen-bond acceptors (Lipinski definition) is 4. The van der Waals surface area contributed by atoms with Gasteiger partial charge in [0, 0.05) is 35.6 Å². The Bertz CT molecular complexity index is 1090. The number of nitrogens with zero attached hydrogens (tertiary/aromatic N) is 1. The van der Waals surface area contributed by atoms with Crippen molar-refractivity contribution in [1.29, 1.82) is 0 Å². The zero-order chi connectivity index (χ0) is 21.8. The van der Waals surface area contributed by atoms with Crippen LogP contribution in [0.25, 0.3) is 0 Å². The van der Waals surface area contributed by atoms with Crippen molar-refractivity contribution in [3.05, 3.63) is 83.4 Å². The number of aryl methyl sites for hydroxylation is 1. The first-order chi connectivity index (χ1) is 15.0. The van der Waals surface area contributed by atoms with Crippen LogP contribution < -0.4 is 20.7 Å². The third kappa shape index (κ3) is 4.86. The Morgan fingerprint density at radius 3 is 2.00 bits per heavy atom. The van der Waals surface area contributed by atoms with Gasteiger partial charge in [0.05, 0.1) is 0 Å². The summed E-state index contributed by atoms with van der Waals surface area (Å²) >= 11 is 0. The van der Waals surface area contributed by atoms with Crippen molar-refractivity contribution in [1.82, 2.24) is 0 Å². The van der Waals surface area contributed by atoms with Crippen molar-refractivity contribution in [3.63, 3.8) is 0 Å². The van der Waals surface area contributed by atoms with E-state index in [0.717, 1.165) is 24.3 Å². The highest BCUT2D eigenvalue weighted by atomic mass is 16.5. The van der Waals surface area contributed by atoms with E-state index in [1.54, 1.807) is 48.5 Å². The molecule has 0 aromatic heterocycles. The molecule has 31 heavy (non-hydrogen) atoms. The second-order valence-electron chi connectivity index (χ2n) is 7.66. The number of amides is 2. The Morgan fingerprint density at radius 2 is 1.45 bits per heavy atom. The number of anilines is 2. The number of ether oxygens (including phenoxy) is 1. The lowest BCUT2D eigenvalue weighted by molar-refractivity contribution is 0.0997. The van der Waals surface area contributed by atoms with Crippen LogP contribution in [-0.2, 0) is 0 Å². The van der Waals surface area contributed by atoms with E-state index in [2.05, 4.69) is 23.2 Å². The number of carbonyl (C=O) groups excluding carboxylic acids is 2. The molecule has 3 aromatic rings. The standard InChI is InChI=1S/C25H25N3O3/c1-17-16-20(8-13-23(17)28-14-2-3-15-28)27-25(30)19-6-11-22(12-7-19)31-21-9-4-18(5-10-21)24(26)29/h4-13,16H,2-3,14-15H2,1H3,(H2,26,29)(H,27,30). The van der Waals surface area contributed by atoms with Gasteiger partial charge in [-0.3, -0.25) is 9.59 Å². The van der Waals surface area contributed by atoms with Gasteiger partial charge in [0.2, 0.25) is 5.91 Å². The smallest absolute Gasteiger partial charge is 0.255 e. The second kappa shape index (κ2) is 8.92. The molecule has 1 saturated heterocycles. The maximum absolute atomic E-state index is 12.6. The van der Waals surface area contributed by atoms with Gasteiger partial charge in [0.15, 0.2) is 0 Å². The average Bonchev–Trinajstić information content (AvgIpc) is 3.29. The lowest BCUT2D eigenvalue weighted by Crippen LogP contribution is -2.19. The third-order valence-electron chi connectivity index (χ3n) is 5.39. The van der Waals surface area contributed by atoms with Crippen LogP contribution in [-0.4, -0.2) is 24.9 Å². The van der Waals surface area contributed by atoms with E-state index in [0.29, 0.717) is 22.6 Å². The van der Waals surface area contributed by atoms with Crippen molar-refractivity contribution in [2.75, 3.05) is 23.3 Å². The third-order valence-corrected chi connectivity index (χ3v) is 5.39. The van der Waals surface area contributed by atoms with E-state index in [1.807, 2.05) is 12.1 Å². The van der Waals surface area contributed by atoms with Crippen LogP contribution in [0.1, 0.15) is 39.1 Å². The summed E-state index contributed by atoms with van der Waals surface area (Å²) in [5.74, 6) is 0.512. The normalized spacial score (nSPS) is 13.1. The number of rotatable bonds is 6. The first-order valence-corrected chi connectivity index (χ1v) is 10.3. The summed E-state index contributed by atoms with van der Waals surface area (Å²) in [6.45, 7) is 4.26. The molecule has 2 amide bonds. The van der Waals surface area contributed by atoms with E-state index >= 15 is 0 Å². The summed E-state index contributed by atoms with van der Waals surface area (Å²) < 4.78 is 5.76. The summed E-state index contributed by atoms with van der Waals surface area (Å²) in [6, 6.07) is 19.5. The van der Waals surface area contributed by atoms with Crippen LogP contribution in [0.5, 0.6) is 11.5 Å². The molecule has 0 bridgehead atoms. The Balaban J connectivity index is 1.39. The van der Waals surface area contributed by atoms with Crippen molar-refractivity contribution >= 4 is 23.2 Å². The molecule has 6 nitrogen and oxygen atoms in total. The summed E-state index contributed by atoms with van der Waals surface area (Å²) in [5.41, 5.74) is 9.37. The topological polar surface area (TPSA) is 84.7 Å². The Morgan fingerprint density at radius 1 is 0.871 bits per heavy atom. The molecule has 0 aliphatic carbocycles. The molecule has 158 valence electrons. The maximum Gasteiger partial charge on any atom is 0.255 e. The Kier molecular flexibility index (Phi) is 5.89. The number of nitrogens with one attached hydrogen (secondary N) is 1. The fourth-order valence-electron chi connectivity index (χ4n) is 3.75. The second-order valence-corrected chi connectivity index (χ2v) is 7.66. The van der Waals surface area contributed by atoms with Crippen molar-refractivity contribution in [2.45, 2.75) is 19.8 Å². The lowest BCUT2D eigenvalue weighted by Gasteiger charge is -2.20. The molecule has 6 heteroatoms. The number of nitrogens with two attached hydrogens (primary N) is 1. The lowest BCUT2D eigenvalue weighted by atomic mass is 10.1. The van der Waals surface area contributed by atoms with Crippen LogP contribution in [0, 0.1) is 6.92 Å². The zero-order valence-electron chi connectivity index (χ0n) is 17.4. The van der Waals surface area contributed by atoms with E-state index in [1.165, 1.54) is 18.5 Å². The summed E-state index contributed by atoms with van der Waals surface area (Å²) in [4.78, 5) is 26.2. The van der Waals surface area contributed by atoms with Crippen LogP contribution in [0.15, 0.2) is 66.7 Å². The molecule has 0 spiro atoms. The van der Waals surface area contributed by atoms with Crippen molar-refractivity contribution in [2.24, 2.45) is 5.73 Å². The summed E-state index contributed by atoms with van der Waals surface area (Å²) in [6.07, 6.45) is 2.46. The van der Waals surface area contributed by atoms with E-state index in [9.17, 15) is 9.59 Å².